The van der Waals surface area contributed by atoms with E-state index in [2.05, 4.69) is 44.4 Å². The van der Waals surface area contributed by atoms with Gasteiger partial charge in [-0.1, -0.05) is 13.8 Å². The zero-order valence-corrected chi connectivity index (χ0v) is 18.8. The predicted molar refractivity (Wildman–Crippen MR) is 122 cm³/mol. The van der Waals surface area contributed by atoms with E-state index in [0.29, 0.717) is 11.4 Å². The molecule has 1 fully saturated rings. The number of anilines is 1. The Morgan fingerprint density at radius 1 is 1.26 bits per heavy atom. The summed E-state index contributed by atoms with van der Waals surface area (Å²) in [5.41, 5.74) is 5.57. The number of alkyl halides is 2. The number of aryl methyl sites for hydroxylation is 1. The van der Waals surface area contributed by atoms with E-state index in [1.807, 2.05) is 43.9 Å². The number of pyridine rings is 1. The first-order valence-electron chi connectivity index (χ1n) is 10.6. The van der Waals surface area contributed by atoms with Gasteiger partial charge in [-0.25, -0.2) is 28.3 Å². The Bertz CT molecular complexity index is 1070. The van der Waals surface area contributed by atoms with Crippen molar-refractivity contribution in [1.82, 2.24) is 19.6 Å². The third-order valence-electron chi connectivity index (χ3n) is 5.19. The van der Waals surface area contributed by atoms with Gasteiger partial charge < -0.3 is 5.32 Å². The topological polar surface area (TPSA) is 67.5 Å². The number of aliphatic imine (C=N–C) groups is 1. The highest BCUT2D eigenvalue weighted by Gasteiger charge is 2.36. The zero-order chi connectivity index (χ0) is 22.6. The van der Waals surface area contributed by atoms with Crippen LogP contribution in [-0.4, -0.2) is 38.3 Å². The van der Waals surface area contributed by atoms with Gasteiger partial charge in [0.05, 0.1) is 11.7 Å². The normalized spacial score (nSPS) is 14.2. The molecule has 1 aliphatic carbocycles. The van der Waals surface area contributed by atoms with Crippen LogP contribution in [0.5, 0.6) is 0 Å². The molecule has 3 aromatic heterocycles. The molecule has 3 aromatic rings. The van der Waals surface area contributed by atoms with Crippen LogP contribution in [0.1, 0.15) is 52.5 Å². The van der Waals surface area contributed by atoms with Gasteiger partial charge in [-0.3, -0.25) is 0 Å². The fourth-order valence-electron chi connectivity index (χ4n) is 2.95. The molecule has 0 aromatic carbocycles. The lowest BCUT2D eigenvalue weighted by Gasteiger charge is -2.10. The molecule has 8 heteroatoms. The van der Waals surface area contributed by atoms with E-state index in [9.17, 15) is 8.78 Å². The molecule has 1 N–H and O–H groups in total. The first kappa shape index (κ1) is 22.8. The maximum Gasteiger partial charge on any atom is 0.241 e. The zero-order valence-electron chi connectivity index (χ0n) is 18.8. The molecule has 0 unspecified atom stereocenters. The molecule has 1 saturated carbocycles. The van der Waals surface area contributed by atoms with E-state index in [1.165, 1.54) is 19.8 Å². The van der Waals surface area contributed by atoms with Crippen LogP contribution in [0, 0.1) is 12.3 Å². The molecular weight excluding hydrogens is 398 g/mol. The number of hydrogen-bond donors (Lipinski definition) is 1. The molecule has 0 amide bonds. The number of rotatable bonds is 6. The molecule has 166 valence electrons. The molecule has 0 atom stereocenters. The summed E-state index contributed by atoms with van der Waals surface area (Å²) >= 11 is 0. The van der Waals surface area contributed by atoms with Crippen molar-refractivity contribution in [3.05, 3.63) is 36.3 Å². The van der Waals surface area contributed by atoms with Crippen molar-refractivity contribution in [2.24, 2.45) is 10.4 Å². The van der Waals surface area contributed by atoms with E-state index in [1.54, 1.807) is 0 Å². The fraction of sp³-hybridized carbons (Fsp3) is 0.478. The van der Waals surface area contributed by atoms with Crippen molar-refractivity contribution in [2.45, 2.75) is 60.3 Å². The summed E-state index contributed by atoms with van der Waals surface area (Å²) in [6.45, 7) is 10.6. The van der Waals surface area contributed by atoms with Crippen LogP contribution in [0.4, 0.5) is 20.5 Å². The van der Waals surface area contributed by atoms with Crippen molar-refractivity contribution < 1.29 is 8.78 Å². The van der Waals surface area contributed by atoms with Crippen LogP contribution in [0.15, 0.2) is 35.7 Å². The highest BCUT2D eigenvalue weighted by atomic mass is 19.3. The third-order valence-corrected chi connectivity index (χ3v) is 5.19. The third kappa shape index (κ3) is 6.06. The van der Waals surface area contributed by atoms with Gasteiger partial charge in [0.25, 0.3) is 0 Å². The Balaban J connectivity index is 0.000000491. The first-order chi connectivity index (χ1) is 14.7. The summed E-state index contributed by atoms with van der Waals surface area (Å²) in [6.07, 6.45) is 6.12. The second kappa shape index (κ2) is 9.49. The van der Waals surface area contributed by atoms with Gasteiger partial charge >= 0.3 is 0 Å². The highest BCUT2D eigenvalue weighted by molar-refractivity contribution is 5.83. The Hall–Kier alpha value is -2.90. The molecule has 0 saturated heterocycles. The van der Waals surface area contributed by atoms with Crippen LogP contribution >= 0.6 is 0 Å². The van der Waals surface area contributed by atoms with E-state index in [4.69, 9.17) is 0 Å². The number of nitrogens with zero attached hydrogens (tertiary/aromatic N) is 5. The summed E-state index contributed by atoms with van der Waals surface area (Å²) in [5.74, 6) is 1.44. The summed E-state index contributed by atoms with van der Waals surface area (Å²) in [5, 5.41) is 7.94. The molecule has 0 radical (unpaired) electrons. The molecule has 6 nitrogen and oxygen atoms in total. The minimum absolute atomic E-state index is 0.0278. The van der Waals surface area contributed by atoms with Gasteiger partial charge in [0, 0.05) is 42.2 Å². The standard InChI is InChI=1S/C20H24N6.C3H6F2/c1-13(2)24-18-14(3)9-15(10-21-18)16-5-8-26-17(16)11-22-19(25-26)23-12-20(4)6-7-20;1-2-3(4)5/h5,8-11H,6-7,12H2,1-4H3,(H,23,25);3H,2H2,1H3. The van der Waals surface area contributed by atoms with Crippen molar-refractivity contribution in [3.63, 3.8) is 0 Å². The van der Waals surface area contributed by atoms with Gasteiger partial charge in [-0.15, -0.1) is 5.10 Å². The molecule has 3 heterocycles. The van der Waals surface area contributed by atoms with Crippen LogP contribution < -0.4 is 5.32 Å². The smallest absolute Gasteiger partial charge is 0.241 e. The monoisotopic (exact) mass is 428 g/mol. The molecule has 0 bridgehead atoms. The van der Waals surface area contributed by atoms with E-state index < -0.39 is 6.43 Å². The second-order valence-corrected chi connectivity index (χ2v) is 8.53. The number of nitrogens with one attached hydrogen (secondary N) is 1. The molecular formula is C23H30F2N6. The van der Waals surface area contributed by atoms with Gasteiger partial charge in [0.1, 0.15) is 0 Å². The van der Waals surface area contributed by atoms with Crippen LogP contribution in [0.3, 0.4) is 0 Å². The Morgan fingerprint density at radius 3 is 2.55 bits per heavy atom. The summed E-state index contributed by atoms with van der Waals surface area (Å²) in [7, 11) is 0. The van der Waals surface area contributed by atoms with Gasteiger partial charge in [0.2, 0.25) is 12.4 Å². The Labute approximate surface area is 181 Å². The van der Waals surface area contributed by atoms with Crippen molar-refractivity contribution in [3.8, 4) is 11.1 Å². The lowest BCUT2D eigenvalue weighted by atomic mass is 10.1. The predicted octanol–water partition coefficient (Wildman–Crippen LogP) is 6.09. The largest absolute Gasteiger partial charge is 0.352 e. The maximum atomic E-state index is 10.8. The van der Waals surface area contributed by atoms with Crippen LogP contribution in [-0.2, 0) is 0 Å². The maximum absolute atomic E-state index is 10.8. The second-order valence-electron chi connectivity index (χ2n) is 8.53. The van der Waals surface area contributed by atoms with Crippen molar-refractivity contribution in [1.29, 1.82) is 0 Å². The molecule has 4 rings (SSSR count). The highest BCUT2D eigenvalue weighted by Crippen LogP contribution is 2.44. The number of hydrogen-bond acceptors (Lipinski definition) is 5. The minimum atomic E-state index is -2.12. The van der Waals surface area contributed by atoms with Crippen molar-refractivity contribution >= 4 is 23.0 Å². The summed E-state index contributed by atoms with van der Waals surface area (Å²) in [4.78, 5) is 13.5. The number of halogens is 2. The van der Waals surface area contributed by atoms with E-state index in [0.717, 1.165) is 40.3 Å². The average Bonchev–Trinajstić information content (AvgIpc) is 3.32. The molecule has 31 heavy (non-hydrogen) atoms. The molecule has 0 spiro atoms. The number of fused-ring (bicyclic) bond motifs is 1. The molecule has 1 aliphatic rings. The quantitative estimate of drug-likeness (QED) is 0.483. The van der Waals surface area contributed by atoms with Crippen LogP contribution in [0.25, 0.3) is 16.6 Å². The van der Waals surface area contributed by atoms with Crippen molar-refractivity contribution in [2.75, 3.05) is 11.9 Å². The average molecular weight is 429 g/mol. The Kier molecular flexibility index (Phi) is 6.97. The minimum Gasteiger partial charge on any atom is -0.352 e. The number of aromatic nitrogens is 4. The summed E-state index contributed by atoms with van der Waals surface area (Å²) < 4.78 is 23.4. The molecule has 0 aliphatic heterocycles. The van der Waals surface area contributed by atoms with Gasteiger partial charge in [0.15, 0.2) is 5.82 Å². The van der Waals surface area contributed by atoms with Crippen LogP contribution in [0.2, 0.25) is 0 Å². The lowest BCUT2D eigenvalue weighted by Crippen LogP contribution is -2.14. The summed E-state index contributed by atoms with van der Waals surface area (Å²) in [6, 6.07) is 4.17. The van der Waals surface area contributed by atoms with E-state index >= 15 is 0 Å². The van der Waals surface area contributed by atoms with E-state index in [-0.39, 0.29) is 6.42 Å². The Morgan fingerprint density at radius 2 is 1.97 bits per heavy atom. The van der Waals surface area contributed by atoms with Gasteiger partial charge in [-0.05, 0) is 56.7 Å². The SMILES string of the molecule is CC(C)=Nc1ncc(-c2ccn3nc(NCC4(C)CC4)ncc23)cc1C.CCC(F)F. The van der Waals surface area contributed by atoms with Gasteiger partial charge in [-0.2, -0.15) is 0 Å². The lowest BCUT2D eigenvalue weighted by molar-refractivity contribution is 0.144. The fourth-order valence-corrected chi connectivity index (χ4v) is 2.95. The first-order valence-corrected chi connectivity index (χ1v) is 10.6.